The van der Waals surface area contributed by atoms with Crippen LogP contribution in [-0.4, -0.2) is 21.5 Å². The highest BCUT2D eigenvalue weighted by molar-refractivity contribution is 6.32. The van der Waals surface area contributed by atoms with Crippen molar-refractivity contribution in [3.8, 4) is 0 Å². The minimum Gasteiger partial charge on any atom is -0.396 e. The standard InChI is InChI=1S/C15H18Cl2N2O/c1-3-19-14(15(17)10(2)18-19)8-12(9-20)11-5-4-6-13(16)7-11/h4-7,12,20H,3,8-9H2,1-2H3. The summed E-state index contributed by atoms with van der Waals surface area (Å²) in [5.41, 5.74) is 2.80. The van der Waals surface area contributed by atoms with Crippen LogP contribution >= 0.6 is 23.2 Å². The van der Waals surface area contributed by atoms with E-state index in [1.165, 1.54) is 0 Å². The van der Waals surface area contributed by atoms with Gasteiger partial charge in [-0.1, -0.05) is 35.3 Å². The summed E-state index contributed by atoms with van der Waals surface area (Å²) < 4.78 is 1.89. The van der Waals surface area contributed by atoms with Crippen molar-refractivity contribution < 1.29 is 5.11 Å². The van der Waals surface area contributed by atoms with Crippen molar-refractivity contribution in [2.45, 2.75) is 32.7 Å². The van der Waals surface area contributed by atoms with E-state index < -0.39 is 0 Å². The number of benzene rings is 1. The summed E-state index contributed by atoms with van der Waals surface area (Å²) in [5.74, 6) is -0.0346. The van der Waals surface area contributed by atoms with Crippen molar-refractivity contribution in [2.24, 2.45) is 0 Å². The van der Waals surface area contributed by atoms with E-state index in [-0.39, 0.29) is 12.5 Å². The predicted molar refractivity (Wildman–Crippen MR) is 82.6 cm³/mol. The molecule has 1 unspecified atom stereocenters. The van der Waals surface area contributed by atoms with Gasteiger partial charge in [-0.25, -0.2) is 0 Å². The van der Waals surface area contributed by atoms with E-state index in [2.05, 4.69) is 5.10 Å². The molecular formula is C15H18Cl2N2O. The largest absolute Gasteiger partial charge is 0.396 e. The number of aliphatic hydroxyl groups is 1. The fourth-order valence-electron chi connectivity index (χ4n) is 2.35. The Hall–Kier alpha value is -1.03. The highest BCUT2D eigenvalue weighted by Crippen LogP contribution is 2.28. The number of hydrogen-bond donors (Lipinski definition) is 1. The van der Waals surface area contributed by atoms with Gasteiger partial charge in [-0.2, -0.15) is 5.10 Å². The molecule has 1 N–H and O–H groups in total. The first kappa shape index (κ1) is 15.4. The minimum absolute atomic E-state index is 0.0346. The summed E-state index contributed by atoms with van der Waals surface area (Å²) in [6.45, 7) is 4.73. The first-order valence-corrected chi connectivity index (χ1v) is 7.40. The van der Waals surface area contributed by atoms with Gasteiger partial charge in [0, 0.05) is 17.5 Å². The zero-order valence-corrected chi connectivity index (χ0v) is 13.1. The van der Waals surface area contributed by atoms with E-state index in [1.54, 1.807) is 0 Å². The number of aliphatic hydroxyl groups excluding tert-OH is 1. The van der Waals surface area contributed by atoms with Crippen LogP contribution in [0.25, 0.3) is 0 Å². The monoisotopic (exact) mass is 312 g/mol. The van der Waals surface area contributed by atoms with Crippen LogP contribution in [-0.2, 0) is 13.0 Å². The van der Waals surface area contributed by atoms with E-state index in [0.29, 0.717) is 16.5 Å². The Morgan fingerprint density at radius 2 is 2.10 bits per heavy atom. The third-order valence-electron chi connectivity index (χ3n) is 3.43. The molecule has 0 spiro atoms. The lowest BCUT2D eigenvalue weighted by Crippen LogP contribution is -2.12. The molecule has 0 bridgehead atoms. The first-order valence-electron chi connectivity index (χ1n) is 6.64. The first-order chi connectivity index (χ1) is 9.56. The number of aryl methyl sites for hydroxylation is 2. The number of aromatic nitrogens is 2. The molecule has 1 atom stereocenters. The fraction of sp³-hybridized carbons (Fsp3) is 0.400. The lowest BCUT2D eigenvalue weighted by molar-refractivity contribution is 0.262. The lowest BCUT2D eigenvalue weighted by atomic mass is 9.95. The van der Waals surface area contributed by atoms with Crippen molar-refractivity contribution in [3.05, 3.63) is 51.3 Å². The molecule has 0 fully saturated rings. The second kappa shape index (κ2) is 6.61. The molecule has 2 rings (SSSR count). The predicted octanol–water partition coefficient (Wildman–Crippen LogP) is 3.84. The second-order valence-electron chi connectivity index (χ2n) is 4.80. The molecule has 1 aromatic carbocycles. The summed E-state index contributed by atoms with van der Waals surface area (Å²) in [6.07, 6.45) is 0.643. The van der Waals surface area contributed by atoms with Gasteiger partial charge >= 0.3 is 0 Å². The van der Waals surface area contributed by atoms with Crippen LogP contribution in [0.5, 0.6) is 0 Å². The van der Waals surface area contributed by atoms with Crippen LogP contribution < -0.4 is 0 Å². The maximum Gasteiger partial charge on any atom is 0.0847 e. The molecule has 0 saturated carbocycles. The highest BCUT2D eigenvalue weighted by Gasteiger charge is 2.19. The minimum atomic E-state index is -0.0346. The Labute approximate surface area is 129 Å². The van der Waals surface area contributed by atoms with Crippen LogP contribution in [0, 0.1) is 6.92 Å². The smallest absolute Gasteiger partial charge is 0.0847 e. The van der Waals surface area contributed by atoms with Gasteiger partial charge in [0.1, 0.15) is 0 Å². The Morgan fingerprint density at radius 3 is 2.70 bits per heavy atom. The summed E-state index contributed by atoms with van der Waals surface area (Å²) in [4.78, 5) is 0. The third-order valence-corrected chi connectivity index (χ3v) is 4.16. The van der Waals surface area contributed by atoms with Gasteiger partial charge < -0.3 is 5.11 Å². The lowest BCUT2D eigenvalue weighted by Gasteiger charge is -2.16. The van der Waals surface area contributed by atoms with Gasteiger partial charge in [0.25, 0.3) is 0 Å². The second-order valence-corrected chi connectivity index (χ2v) is 5.61. The normalized spacial score (nSPS) is 12.7. The molecule has 5 heteroatoms. The van der Waals surface area contributed by atoms with Gasteiger partial charge in [0.15, 0.2) is 0 Å². The average molecular weight is 313 g/mol. The molecule has 3 nitrogen and oxygen atoms in total. The van der Waals surface area contributed by atoms with Crippen molar-refractivity contribution in [3.63, 3.8) is 0 Å². The van der Waals surface area contributed by atoms with Crippen LogP contribution in [0.3, 0.4) is 0 Å². The molecule has 0 aliphatic rings. The fourth-order valence-corrected chi connectivity index (χ4v) is 2.76. The molecule has 20 heavy (non-hydrogen) atoms. The molecular weight excluding hydrogens is 295 g/mol. The average Bonchev–Trinajstić information content (AvgIpc) is 2.71. The summed E-state index contributed by atoms with van der Waals surface area (Å²) >= 11 is 12.3. The Balaban J connectivity index is 2.31. The van der Waals surface area contributed by atoms with Crippen LogP contribution in [0.2, 0.25) is 10.0 Å². The third kappa shape index (κ3) is 3.17. The van der Waals surface area contributed by atoms with Crippen molar-refractivity contribution in [2.75, 3.05) is 6.61 Å². The quantitative estimate of drug-likeness (QED) is 0.911. The summed E-state index contributed by atoms with van der Waals surface area (Å²) in [6, 6.07) is 7.58. The van der Waals surface area contributed by atoms with Crippen molar-refractivity contribution >= 4 is 23.2 Å². The van der Waals surface area contributed by atoms with Crippen molar-refractivity contribution in [1.82, 2.24) is 9.78 Å². The molecule has 1 aromatic heterocycles. The molecule has 0 saturated heterocycles. The zero-order valence-electron chi connectivity index (χ0n) is 11.6. The molecule has 2 aromatic rings. The summed E-state index contributed by atoms with van der Waals surface area (Å²) in [5, 5.41) is 15.4. The Bertz CT molecular complexity index is 596. The molecule has 108 valence electrons. The highest BCUT2D eigenvalue weighted by atomic mass is 35.5. The Kier molecular flexibility index (Phi) is 5.08. The number of rotatable bonds is 5. The number of nitrogens with zero attached hydrogens (tertiary/aromatic N) is 2. The van der Waals surface area contributed by atoms with Crippen LogP contribution in [0.4, 0.5) is 0 Å². The van der Waals surface area contributed by atoms with E-state index >= 15 is 0 Å². The number of halogens is 2. The SMILES string of the molecule is CCn1nc(C)c(Cl)c1CC(CO)c1cccc(Cl)c1. The summed E-state index contributed by atoms with van der Waals surface area (Å²) in [7, 11) is 0. The van der Waals surface area contributed by atoms with Gasteiger partial charge in [-0.05, 0) is 38.0 Å². The molecule has 1 heterocycles. The van der Waals surface area contributed by atoms with Crippen LogP contribution in [0.1, 0.15) is 29.8 Å². The zero-order chi connectivity index (χ0) is 14.7. The molecule has 0 aliphatic heterocycles. The van der Waals surface area contributed by atoms with E-state index in [4.69, 9.17) is 23.2 Å². The topological polar surface area (TPSA) is 38.0 Å². The van der Waals surface area contributed by atoms with Crippen LogP contribution in [0.15, 0.2) is 24.3 Å². The maximum absolute atomic E-state index is 9.68. The molecule has 0 radical (unpaired) electrons. The maximum atomic E-state index is 9.68. The van der Waals surface area contributed by atoms with Crippen molar-refractivity contribution in [1.29, 1.82) is 0 Å². The molecule has 0 amide bonds. The van der Waals surface area contributed by atoms with Gasteiger partial charge in [-0.3, -0.25) is 4.68 Å². The van der Waals surface area contributed by atoms with E-state index in [0.717, 1.165) is 23.5 Å². The molecule has 0 aliphatic carbocycles. The van der Waals surface area contributed by atoms with Gasteiger partial charge in [0.2, 0.25) is 0 Å². The van der Waals surface area contributed by atoms with Gasteiger partial charge in [0.05, 0.1) is 23.0 Å². The Morgan fingerprint density at radius 1 is 1.35 bits per heavy atom. The van der Waals surface area contributed by atoms with E-state index in [1.807, 2.05) is 42.8 Å². The number of hydrogen-bond acceptors (Lipinski definition) is 2. The van der Waals surface area contributed by atoms with E-state index in [9.17, 15) is 5.11 Å². The van der Waals surface area contributed by atoms with Gasteiger partial charge in [-0.15, -0.1) is 0 Å².